The van der Waals surface area contributed by atoms with Crippen molar-refractivity contribution in [3.63, 3.8) is 0 Å². The third-order valence-electron chi connectivity index (χ3n) is 3.36. The summed E-state index contributed by atoms with van der Waals surface area (Å²) in [4.78, 5) is 5.17. The van der Waals surface area contributed by atoms with E-state index in [9.17, 15) is 21.6 Å². The van der Waals surface area contributed by atoms with Crippen LogP contribution in [0.15, 0.2) is 41.6 Å². The van der Waals surface area contributed by atoms with Gasteiger partial charge in [0.25, 0.3) is 0 Å². The van der Waals surface area contributed by atoms with E-state index in [0.29, 0.717) is 15.6 Å². The van der Waals surface area contributed by atoms with Gasteiger partial charge in [0, 0.05) is 26.2 Å². The normalized spacial score (nSPS) is 12.8. The highest BCUT2D eigenvalue weighted by Gasteiger charge is 2.46. The fraction of sp³-hybridized carbons (Fsp3) is 0.188. The summed E-state index contributed by atoms with van der Waals surface area (Å²) in [5.74, 6) is 0. The maximum absolute atomic E-state index is 12.6. The summed E-state index contributed by atoms with van der Waals surface area (Å²) in [6.45, 7) is 1.37. The summed E-state index contributed by atoms with van der Waals surface area (Å²) in [6, 6.07) is 8.32. The molecule has 1 N–H and O–H groups in total. The lowest BCUT2D eigenvalue weighted by atomic mass is 10.1. The first-order valence-electron chi connectivity index (χ1n) is 7.40. The van der Waals surface area contributed by atoms with Crippen LogP contribution in [0.5, 0.6) is 0 Å². The van der Waals surface area contributed by atoms with E-state index in [1.165, 1.54) is 29.8 Å². The van der Waals surface area contributed by atoms with Gasteiger partial charge in [-0.25, -0.2) is 0 Å². The van der Waals surface area contributed by atoms with Gasteiger partial charge in [0.1, 0.15) is 6.61 Å². The lowest BCUT2D eigenvalue weighted by molar-refractivity contribution is -0.0429. The van der Waals surface area contributed by atoms with Crippen LogP contribution < -0.4 is 4.72 Å². The Labute approximate surface area is 174 Å². The molecule has 0 amide bonds. The SMILES string of the molecule is C/C(=N\OCc1ccc(Cl)cc1Cl)c1cc(Cl)ccc1NS(=O)(=O)C(F)(F)F. The Morgan fingerprint density at radius 2 is 1.71 bits per heavy atom. The second-order valence-corrected chi connectivity index (χ2v) is 8.38. The van der Waals surface area contributed by atoms with Crippen molar-refractivity contribution >= 4 is 56.2 Å². The summed E-state index contributed by atoms with van der Waals surface area (Å²) < 4.78 is 62.1. The number of oxime groups is 1. The Morgan fingerprint density at radius 1 is 1.11 bits per heavy atom. The van der Waals surface area contributed by atoms with E-state index in [1.54, 1.807) is 12.1 Å². The molecule has 0 saturated heterocycles. The fourth-order valence-corrected chi connectivity index (χ4v) is 3.21. The quantitative estimate of drug-likeness (QED) is 0.421. The number of hydrogen-bond acceptors (Lipinski definition) is 4. The van der Waals surface area contributed by atoms with Crippen molar-refractivity contribution in [3.05, 3.63) is 62.6 Å². The highest BCUT2D eigenvalue weighted by Crippen LogP contribution is 2.29. The zero-order chi connectivity index (χ0) is 21.1. The van der Waals surface area contributed by atoms with Gasteiger partial charge in [-0.3, -0.25) is 4.72 Å². The minimum absolute atomic E-state index is 0.0162. The Morgan fingerprint density at radius 3 is 2.32 bits per heavy atom. The van der Waals surface area contributed by atoms with E-state index in [1.807, 2.05) is 0 Å². The standard InChI is InChI=1S/C16H12Cl3F3N2O3S/c1-9(23-27-8-10-2-3-12(18)7-14(10)19)13-6-11(17)4-5-15(13)24-28(25,26)16(20,21)22/h2-7,24H,8H2,1H3/b23-9+. The third-order valence-corrected chi connectivity index (χ3v) is 5.28. The molecule has 0 aliphatic heterocycles. The van der Waals surface area contributed by atoms with Gasteiger partial charge >= 0.3 is 15.5 Å². The van der Waals surface area contributed by atoms with Crippen molar-refractivity contribution in [3.8, 4) is 0 Å². The number of sulfonamides is 1. The second-order valence-electron chi connectivity index (χ2n) is 5.43. The third kappa shape index (κ3) is 5.66. The van der Waals surface area contributed by atoms with E-state index < -0.39 is 15.5 Å². The number of alkyl halides is 3. The number of benzene rings is 2. The van der Waals surface area contributed by atoms with Gasteiger partial charge in [0.05, 0.1) is 11.4 Å². The molecule has 12 heteroatoms. The lowest BCUT2D eigenvalue weighted by Gasteiger charge is -2.14. The van der Waals surface area contributed by atoms with Crippen LogP contribution in [0, 0.1) is 0 Å². The summed E-state index contributed by atoms with van der Waals surface area (Å²) >= 11 is 17.7. The van der Waals surface area contributed by atoms with Crippen molar-refractivity contribution in [2.24, 2.45) is 5.16 Å². The molecule has 0 bridgehead atoms. The van der Waals surface area contributed by atoms with Crippen LogP contribution in [0.25, 0.3) is 0 Å². The highest BCUT2D eigenvalue weighted by atomic mass is 35.5. The molecule has 28 heavy (non-hydrogen) atoms. The van der Waals surface area contributed by atoms with E-state index >= 15 is 0 Å². The molecule has 2 aromatic carbocycles. The monoisotopic (exact) mass is 474 g/mol. The van der Waals surface area contributed by atoms with Crippen LogP contribution in [0.3, 0.4) is 0 Å². The summed E-state index contributed by atoms with van der Waals surface area (Å²) in [6.07, 6.45) is 0. The lowest BCUT2D eigenvalue weighted by Crippen LogP contribution is -2.30. The molecule has 0 unspecified atom stereocenters. The average Bonchev–Trinajstić information content (AvgIpc) is 2.57. The van der Waals surface area contributed by atoms with E-state index in [0.717, 1.165) is 6.07 Å². The molecule has 2 aromatic rings. The van der Waals surface area contributed by atoms with Gasteiger partial charge in [-0.2, -0.15) is 21.6 Å². The zero-order valence-corrected chi connectivity index (χ0v) is 17.1. The molecule has 152 valence electrons. The van der Waals surface area contributed by atoms with Gasteiger partial charge in [0.2, 0.25) is 0 Å². The summed E-state index contributed by atoms with van der Waals surface area (Å²) in [5.41, 5.74) is -5.14. The van der Waals surface area contributed by atoms with Gasteiger partial charge in [0.15, 0.2) is 0 Å². The average molecular weight is 476 g/mol. The van der Waals surface area contributed by atoms with Gasteiger partial charge < -0.3 is 4.84 Å². The molecule has 0 saturated carbocycles. The number of nitrogens with zero attached hydrogens (tertiary/aromatic N) is 1. The summed E-state index contributed by atoms with van der Waals surface area (Å²) in [5, 5.41) is 4.75. The fourth-order valence-electron chi connectivity index (χ4n) is 1.99. The van der Waals surface area contributed by atoms with Crippen LogP contribution in [0.4, 0.5) is 18.9 Å². The predicted molar refractivity (Wildman–Crippen MR) is 104 cm³/mol. The minimum Gasteiger partial charge on any atom is -0.391 e. The van der Waals surface area contributed by atoms with Crippen LogP contribution >= 0.6 is 34.8 Å². The van der Waals surface area contributed by atoms with Crippen molar-refractivity contribution < 1.29 is 26.4 Å². The highest BCUT2D eigenvalue weighted by molar-refractivity contribution is 7.93. The first-order valence-corrected chi connectivity index (χ1v) is 10.0. The molecule has 5 nitrogen and oxygen atoms in total. The minimum atomic E-state index is -5.61. The largest absolute Gasteiger partial charge is 0.516 e. The smallest absolute Gasteiger partial charge is 0.391 e. The predicted octanol–water partition coefficient (Wildman–Crippen LogP) is 5.85. The number of halogens is 6. The number of nitrogens with one attached hydrogen (secondary N) is 1. The van der Waals surface area contributed by atoms with Crippen molar-refractivity contribution in [1.82, 2.24) is 0 Å². The van der Waals surface area contributed by atoms with E-state index in [2.05, 4.69) is 5.16 Å². The van der Waals surface area contributed by atoms with Crippen molar-refractivity contribution in [2.75, 3.05) is 4.72 Å². The molecule has 0 fully saturated rings. The summed E-state index contributed by atoms with van der Waals surface area (Å²) in [7, 11) is -5.61. The zero-order valence-electron chi connectivity index (χ0n) is 14.0. The number of hydrogen-bond donors (Lipinski definition) is 1. The first-order chi connectivity index (χ1) is 12.9. The Kier molecular flexibility index (Phi) is 7.08. The number of rotatable bonds is 6. The second kappa shape index (κ2) is 8.77. The van der Waals surface area contributed by atoms with Gasteiger partial charge in [-0.05, 0) is 37.3 Å². The van der Waals surface area contributed by atoms with Gasteiger partial charge in [-0.1, -0.05) is 46.0 Å². The molecular formula is C16H12Cl3F3N2O3S. The van der Waals surface area contributed by atoms with Crippen LogP contribution in [-0.2, 0) is 21.5 Å². The van der Waals surface area contributed by atoms with Crippen molar-refractivity contribution in [1.29, 1.82) is 0 Å². The topological polar surface area (TPSA) is 67.8 Å². The molecule has 0 heterocycles. The Hall–Kier alpha value is -1.68. The van der Waals surface area contributed by atoms with E-state index in [4.69, 9.17) is 39.6 Å². The maximum Gasteiger partial charge on any atom is 0.516 e. The first kappa shape index (κ1) is 22.6. The molecule has 0 spiro atoms. The Balaban J connectivity index is 2.25. The van der Waals surface area contributed by atoms with Gasteiger partial charge in [-0.15, -0.1) is 0 Å². The molecule has 2 rings (SSSR count). The molecule has 0 aliphatic carbocycles. The molecule has 0 aliphatic rings. The molecular weight excluding hydrogens is 464 g/mol. The molecule has 0 atom stereocenters. The Bertz CT molecular complexity index is 1010. The van der Waals surface area contributed by atoms with Crippen LogP contribution in [0.2, 0.25) is 15.1 Å². The van der Waals surface area contributed by atoms with Crippen molar-refractivity contribution in [2.45, 2.75) is 19.0 Å². The molecule has 0 radical (unpaired) electrons. The number of anilines is 1. The molecule has 0 aromatic heterocycles. The van der Waals surface area contributed by atoms with Crippen LogP contribution in [0.1, 0.15) is 18.1 Å². The van der Waals surface area contributed by atoms with E-state index in [-0.39, 0.29) is 28.6 Å². The van der Waals surface area contributed by atoms with Crippen LogP contribution in [-0.4, -0.2) is 19.6 Å². The maximum atomic E-state index is 12.6.